The zero-order chi connectivity index (χ0) is 13.3. The summed E-state index contributed by atoms with van der Waals surface area (Å²) in [6.45, 7) is 1.97. The van der Waals surface area contributed by atoms with Gasteiger partial charge in [-0.25, -0.2) is 10.4 Å². The van der Waals surface area contributed by atoms with Crippen LogP contribution in [0.5, 0.6) is 0 Å². The van der Waals surface area contributed by atoms with Crippen LogP contribution in [-0.2, 0) is 20.5 Å². The molecule has 0 fully saturated rings. The van der Waals surface area contributed by atoms with Crippen LogP contribution >= 0.6 is 15.9 Å². The van der Waals surface area contributed by atoms with Crippen molar-refractivity contribution in [1.29, 1.82) is 0 Å². The Kier molecular flexibility index (Phi) is 3.84. The van der Waals surface area contributed by atoms with Gasteiger partial charge in [0.25, 0.3) is 0 Å². The van der Waals surface area contributed by atoms with Gasteiger partial charge in [0.05, 0.1) is 21.9 Å². The number of aromatic nitrogens is 4. The van der Waals surface area contributed by atoms with Crippen molar-refractivity contribution in [1.82, 2.24) is 24.8 Å². The molecule has 6 nitrogen and oxygen atoms in total. The molecule has 0 aliphatic rings. The topological polar surface area (TPSA) is 73.7 Å². The minimum absolute atomic E-state index is 0.0453. The summed E-state index contributed by atoms with van der Waals surface area (Å²) >= 11 is 3.56. The van der Waals surface area contributed by atoms with Gasteiger partial charge in [-0.05, 0) is 22.9 Å². The maximum absolute atomic E-state index is 5.64. The normalized spacial score (nSPS) is 12.9. The maximum Gasteiger partial charge on any atom is 0.127 e. The highest BCUT2D eigenvalue weighted by Crippen LogP contribution is 2.24. The van der Waals surface area contributed by atoms with Crippen molar-refractivity contribution < 1.29 is 0 Å². The van der Waals surface area contributed by atoms with Gasteiger partial charge < -0.3 is 4.57 Å². The zero-order valence-corrected chi connectivity index (χ0v) is 12.3. The lowest BCUT2D eigenvalue weighted by Crippen LogP contribution is -2.32. The molecular weight excluding hydrogens is 296 g/mol. The van der Waals surface area contributed by atoms with Gasteiger partial charge in [0.1, 0.15) is 5.82 Å². The molecule has 2 rings (SSSR count). The van der Waals surface area contributed by atoms with Crippen LogP contribution in [0.25, 0.3) is 0 Å². The monoisotopic (exact) mass is 312 g/mol. The summed E-state index contributed by atoms with van der Waals surface area (Å²) in [6.07, 6.45) is 4.39. The number of hydrogen-bond acceptors (Lipinski definition) is 4. The molecule has 0 aromatic carbocycles. The van der Waals surface area contributed by atoms with E-state index >= 15 is 0 Å². The van der Waals surface area contributed by atoms with E-state index in [1.807, 2.05) is 36.5 Å². The standard InChI is InChI=1S/C11H17BrN6/c1-7-10(12)9(18(3)16-7)6-8(15-13)11-14-4-5-17(11)2/h4-5,8,15H,6,13H2,1-3H3. The predicted molar refractivity (Wildman–Crippen MR) is 72.6 cm³/mol. The van der Waals surface area contributed by atoms with Crippen LogP contribution < -0.4 is 11.3 Å². The molecule has 0 aliphatic carbocycles. The summed E-state index contributed by atoms with van der Waals surface area (Å²) < 4.78 is 4.86. The molecule has 0 aliphatic heterocycles. The third kappa shape index (κ3) is 2.33. The highest BCUT2D eigenvalue weighted by Gasteiger charge is 2.20. The number of halogens is 1. The van der Waals surface area contributed by atoms with Crippen LogP contribution in [0.3, 0.4) is 0 Å². The van der Waals surface area contributed by atoms with E-state index in [-0.39, 0.29) is 6.04 Å². The molecule has 98 valence electrons. The molecule has 0 saturated carbocycles. The number of hydrogen-bond donors (Lipinski definition) is 2. The fraction of sp³-hybridized carbons (Fsp3) is 0.455. The molecule has 0 amide bonds. The Morgan fingerprint density at radius 3 is 2.67 bits per heavy atom. The molecule has 2 heterocycles. The Labute approximate surface area is 114 Å². The molecule has 3 N–H and O–H groups in total. The summed E-state index contributed by atoms with van der Waals surface area (Å²) in [5, 5.41) is 4.38. The molecule has 0 bridgehead atoms. The third-order valence-electron chi connectivity index (χ3n) is 3.03. The predicted octanol–water partition coefficient (Wildman–Crippen LogP) is 0.972. The molecule has 7 heteroatoms. The minimum atomic E-state index is -0.0453. The second kappa shape index (κ2) is 5.21. The summed E-state index contributed by atoms with van der Waals surface area (Å²) in [7, 11) is 3.88. The van der Waals surface area contributed by atoms with Crippen LogP contribution in [0.4, 0.5) is 0 Å². The number of imidazole rings is 1. The van der Waals surface area contributed by atoms with E-state index in [1.165, 1.54) is 0 Å². The van der Waals surface area contributed by atoms with Gasteiger partial charge in [-0.2, -0.15) is 5.10 Å². The molecule has 0 spiro atoms. The van der Waals surface area contributed by atoms with Crippen LogP contribution in [-0.4, -0.2) is 19.3 Å². The first-order chi connectivity index (χ1) is 8.54. The van der Waals surface area contributed by atoms with Crippen molar-refractivity contribution in [3.8, 4) is 0 Å². The fourth-order valence-electron chi connectivity index (χ4n) is 2.03. The molecule has 1 atom stereocenters. The van der Waals surface area contributed by atoms with Gasteiger partial charge in [0.15, 0.2) is 0 Å². The van der Waals surface area contributed by atoms with Crippen molar-refractivity contribution in [3.63, 3.8) is 0 Å². The quantitative estimate of drug-likeness (QED) is 0.652. The minimum Gasteiger partial charge on any atom is -0.337 e. The summed E-state index contributed by atoms with van der Waals surface area (Å²) in [5.41, 5.74) is 4.88. The fourth-order valence-corrected chi connectivity index (χ4v) is 2.53. The van der Waals surface area contributed by atoms with Crippen molar-refractivity contribution in [2.24, 2.45) is 19.9 Å². The molecular formula is C11H17BrN6. The molecule has 0 radical (unpaired) electrons. The Bertz CT molecular complexity index is 544. The van der Waals surface area contributed by atoms with E-state index in [9.17, 15) is 0 Å². The van der Waals surface area contributed by atoms with Crippen molar-refractivity contribution in [2.45, 2.75) is 19.4 Å². The molecule has 0 saturated heterocycles. The Morgan fingerprint density at radius 1 is 1.50 bits per heavy atom. The average molecular weight is 313 g/mol. The van der Waals surface area contributed by atoms with Crippen LogP contribution in [0.2, 0.25) is 0 Å². The number of nitrogens with zero attached hydrogens (tertiary/aromatic N) is 4. The Hall–Kier alpha value is -1.18. The van der Waals surface area contributed by atoms with Crippen LogP contribution in [0.1, 0.15) is 23.3 Å². The van der Waals surface area contributed by atoms with E-state index in [2.05, 4.69) is 31.4 Å². The van der Waals surface area contributed by atoms with Crippen LogP contribution in [0.15, 0.2) is 16.9 Å². The first-order valence-corrected chi connectivity index (χ1v) is 6.45. The first-order valence-electron chi connectivity index (χ1n) is 5.66. The first kappa shape index (κ1) is 13.3. The van der Waals surface area contributed by atoms with Gasteiger partial charge in [0.2, 0.25) is 0 Å². The van der Waals surface area contributed by atoms with E-state index in [0.29, 0.717) is 0 Å². The lowest BCUT2D eigenvalue weighted by molar-refractivity contribution is 0.491. The Morgan fingerprint density at radius 2 is 2.22 bits per heavy atom. The number of rotatable bonds is 4. The van der Waals surface area contributed by atoms with Gasteiger partial charge in [-0.15, -0.1) is 0 Å². The van der Waals surface area contributed by atoms with Gasteiger partial charge in [-0.1, -0.05) is 0 Å². The average Bonchev–Trinajstić information content (AvgIpc) is 2.84. The summed E-state index contributed by atoms with van der Waals surface area (Å²) in [6, 6.07) is -0.0453. The van der Waals surface area contributed by atoms with Crippen molar-refractivity contribution in [2.75, 3.05) is 0 Å². The van der Waals surface area contributed by atoms with Gasteiger partial charge >= 0.3 is 0 Å². The van der Waals surface area contributed by atoms with Crippen molar-refractivity contribution in [3.05, 3.63) is 34.1 Å². The third-order valence-corrected chi connectivity index (χ3v) is 4.06. The maximum atomic E-state index is 5.64. The van der Waals surface area contributed by atoms with E-state index < -0.39 is 0 Å². The molecule has 18 heavy (non-hydrogen) atoms. The van der Waals surface area contributed by atoms with E-state index in [1.54, 1.807) is 6.20 Å². The Balaban J connectivity index is 2.29. The smallest absolute Gasteiger partial charge is 0.127 e. The number of hydrazine groups is 1. The lowest BCUT2D eigenvalue weighted by atomic mass is 10.1. The summed E-state index contributed by atoms with van der Waals surface area (Å²) in [4.78, 5) is 4.32. The summed E-state index contributed by atoms with van der Waals surface area (Å²) in [5.74, 6) is 6.55. The van der Waals surface area contributed by atoms with E-state index in [4.69, 9.17) is 5.84 Å². The SMILES string of the molecule is Cc1nn(C)c(CC(NN)c2nccn2C)c1Br. The van der Waals surface area contributed by atoms with Crippen LogP contribution in [0, 0.1) is 6.92 Å². The zero-order valence-electron chi connectivity index (χ0n) is 10.7. The van der Waals surface area contributed by atoms with E-state index in [0.717, 1.165) is 28.1 Å². The second-order valence-corrected chi connectivity index (χ2v) is 5.08. The number of aryl methyl sites for hydroxylation is 3. The van der Waals surface area contributed by atoms with Gasteiger partial charge in [0, 0.05) is 32.9 Å². The molecule has 1 unspecified atom stereocenters. The highest BCUT2D eigenvalue weighted by atomic mass is 79.9. The lowest BCUT2D eigenvalue weighted by Gasteiger charge is -2.16. The van der Waals surface area contributed by atoms with Crippen molar-refractivity contribution >= 4 is 15.9 Å². The number of nitrogens with one attached hydrogen (secondary N) is 1. The molecule has 2 aromatic heterocycles. The number of nitrogens with two attached hydrogens (primary N) is 1. The largest absolute Gasteiger partial charge is 0.337 e. The highest BCUT2D eigenvalue weighted by molar-refractivity contribution is 9.10. The second-order valence-electron chi connectivity index (χ2n) is 4.29. The van der Waals surface area contributed by atoms with Gasteiger partial charge in [-0.3, -0.25) is 10.5 Å². The molecule has 2 aromatic rings.